The number of aromatic nitrogens is 4. The molecule has 0 aliphatic carbocycles. The predicted octanol–water partition coefficient (Wildman–Crippen LogP) is 1.79. The first kappa shape index (κ1) is 17.4. The van der Waals surface area contributed by atoms with E-state index in [1.54, 1.807) is 24.7 Å². The first-order valence-corrected chi connectivity index (χ1v) is 8.77. The Hall–Kier alpha value is -1.96. The molecule has 2 rings (SSSR count). The van der Waals surface area contributed by atoms with Gasteiger partial charge in [0, 0.05) is 37.9 Å². The van der Waals surface area contributed by atoms with E-state index in [1.807, 2.05) is 0 Å². The summed E-state index contributed by atoms with van der Waals surface area (Å²) in [5.41, 5.74) is 1.05. The van der Waals surface area contributed by atoms with Crippen molar-refractivity contribution in [2.75, 3.05) is 13.6 Å². The van der Waals surface area contributed by atoms with Crippen molar-refractivity contribution in [1.82, 2.24) is 30.4 Å². The van der Waals surface area contributed by atoms with Crippen molar-refractivity contribution in [3.63, 3.8) is 0 Å². The lowest BCUT2D eigenvalue weighted by Gasteiger charge is -2.12. The molecule has 0 fully saturated rings. The zero-order chi connectivity index (χ0) is 16.7. The van der Waals surface area contributed by atoms with Crippen molar-refractivity contribution in [2.45, 2.75) is 46.2 Å². The molecule has 0 atom stereocenters. The Bertz CT molecular complexity index is 629. The summed E-state index contributed by atoms with van der Waals surface area (Å²) in [6.07, 6.45) is 2.65. The van der Waals surface area contributed by atoms with Crippen molar-refractivity contribution in [1.29, 1.82) is 0 Å². The SMILES string of the molecule is CCc1nncn1CCNC(=NC)NCc1csc(C(C)C)n1. The van der Waals surface area contributed by atoms with Crippen molar-refractivity contribution >= 4 is 17.3 Å². The smallest absolute Gasteiger partial charge is 0.191 e. The minimum absolute atomic E-state index is 0.475. The molecule has 0 saturated heterocycles. The molecule has 0 spiro atoms. The molecule has 126 valence electrons. The molecule has 2 N–H and O–H groups in total. The number of nitrogens with zero attached hydrogens (tertiary/aromatic N) is 5. The van der Waals surface area contributed by atoms with Crippen LogP contribution in [0.4, 0.5) is 0 Å². The number of guanidine groups is 1. The standard InChI is InChI=1S/C15H25N7S/c1-5-13-21-19-10-22(13)7-6-17-15(16-4)18-8-12-9-23-14(20-12)11(2)3/h9-11H,5-8H2,1-4H3,(H2,16,17,18). The number of aliphatic imine (C=N–C) groups is 1. The molecule has 8 heteroatoms. The van der Waals surface area contributed by atoms with Crippen molar-refractivity contribution < 1.29 is 0 Å². The lowest BCUT2D eigenvalue weighted by Crippen LogP contribution is -2.38. The molecule has 0 saturated carbocycles. The summed E-state index contributed by atoms with van der Waals surface area (Å²) in [4.78, 5) is 8.85. The van der Waals surface area contributed by atoms with Gasteiger partial charge in [-0.25, -0.2) is 4.98 Å². The van der Waals surface area contributed by atoms with E-state index in [9.17, 15) is 0 Å². The van der Waals surface area contributed by atoms with Crippen LogP contribution < -0.4 is 10.6 Å². The second kappa shape index (κ2) is 8.61. The van der Waals surface area contributed by atoms with E-state index in [0.29, 0.717) is 12.5 Å². The van der Waals surface area contributed by atoms with Crippen molar-refractivity contribution in [3.8, 4) is 0 Å². The number of hydrogen-bond acceptors (Lipinski definition) is 5. The van der Waals surface area contributed by atoms with Gasteiger partial charge in [0.2, 0.25) is 0 Å². The van der Waals surface area contributed by atoms with Crippen molar-refractivity contribution in [3.05, 3.63) is 28.2 Å². The minimum atomic E-state index is 0.475. The van der Waals surface area contributed by atoms with Gasteiger partial charge in [0.05, 0.1) is 17.2 Å². The van der Waals surface area contributed by atoms with E-state index in [2.05, 4.69) is 61.5 Å². The second-order valence-electron chi connectivity index (χ2n) is 5.48. The molecule has 0 aliphatic heterocycles. The Morgan fingerprint density at radius 2 is 2.22 bits per heavy atom. The average molecular weight is 335 g/mol. The molecule has 0 radical (unpaired) electrons. The van der Waals surface area contributed by atoms with Crippen LogP contribution in [0.15, 0.2) is 16.7 Å². The third-order valence-electron chi connectivity index (χ3n) is 3.38. The monoisotopic (exact) mass is 335 g/mol. The number of aryl methyl sites for hydroxylation is 1. The van der Waals surface area contributed by atoms with Crippen LogP contribution >= 0.6 is 11.3 Å². The molecule has 0 aliphatic rings. The number of rotatable bonds is 7. The fourth-order valence-electron chi connectivity index (χ4n) is 2.10. The van der Waals surface area contributed by atoms with Gasteiger partial charge in [-0.15, -0.1) is 21.5 Å². The van der Waals surface area contributed by atoms with Crippen LogP contribution in [0.25, 0.3) is 0 Å². The summed E-state index contributed by atoms with van der Waals surface area (Å²) in [5.74, 6) is 2.25. The zero-order valence-corrected chi connectivity index (χ0v) is 15.0. The molecule has 23 heavy (non-hydrogen) atoms. The highest BCUT2D eigenvalue weighted by Crippen LogP contribution is 2.18. The van der Waals surface area contributed by atoms with Gasteiger partial charge < -0.3 is 15.2 Å². The molecule has 0 bridgehead atoms. The summed E-state index contributed by atoms with van der Waals surface area (Å²) in [6.45, 7) is 8.64. The number of thiazole rings is 1. The fourth-order valence-corrected chi connectivity index (χ4v) is 2.93. The zero-order valence-electron chi connectivity index (χ0n) is 14.2. The molecule has 2 aromatic heterocycles. The Kier molecular flexibility index (Phi) is 6.52. The minimum Gasteiger partial charge on any atom is -0.355 e. The fraction of sp³-hybridized carbons (Fsp3) is 0.600. The van der Waals surface area contributed by atoms with E-state index in [1.165, 1.54) is 5.01 Å². The molecule has 0 aromatic carbocycles. The van der Waals surface area contributed by atoms with Gasteiger partial charge in [0.1, 0.15) is 12.2 Å². The summed E-state index contributed by atoms with van der Waals surface area (Å²) in [5, 5.41) is 17.9. The molecule has 0 unspecified atom stereocenters. The molecular formula is C15H25N7S. The van der Waals surface area contributed by atoms with Gasteiger partial charge >= 0.3 is 0 Å². The summed E-state index contributed by atoms with van der Waals surface area (Å²) in [7, 11) is 1.77. The highest BCUT2D eigenvalue weighted by Gasteiger charge is 2.06. The Labute approximate surface area is 141 Å². The third-order valence-corrected chi connectivity index (χ3v) is 4.58. The van der Waals surface area contributed by atoms with Gasteiger partial charge in [0.15, 0.2) is 5.96 Å². The largest absolute Gasteiger partial charge is 0.355 e. The van der Waals surface area contributed by atoms with E-state index >= 15 is 0 Å². The molecule has 2 heterocycles. The topological polar surface area (TPSA) is 80.0 Å². The average Bonchev–Trinajstić information content (AvgIpc) is 3.19. The van der Waals surface area contributed by atoms with Crippen LogP contribution in [0.2, 0.25) is 0 Å². The van der Waals surface area contributed by atoms with Crippen LogP contribution in [-0.4, -0.2) is 39.3 Å². The van der Waals surface area contributed by atoms with Gasteiger partial charge in [-0.2, -0.15) is 0 Å². The number of nitrogens with one attached hydrogen (secondary N) is 2. The maximum atomic E-state index is 4.61. The highest BCUT2D eigenvalue weighted by molar-refractivity contribution is 7.09. The van der Waals surface area contributed by atoms with E-state index < -0.39 is 0 Å². The van der Waals surface area contributed by atoms with Gasteiger partial charge in [-0.1, -0.05) is 20.8 Å². The quantitative estimate of drug-likeness (QED) is 0.595. The third kappa shape index (κ3) is 5.02. The van der Waals surface area contributed by atoms with Crippen LogP contribution in [0.5, 0.6) is 0 Å². The molecular weight excluding hydrogens is 310 g/mol. The van der Waals surface area contributed by atoms with Gasteiger partial charge in [0.25, 0.3) is 0 Å². The second-order valence-corrected chi connectivity index (χ2v) is 6.37. The van der Waals surface area contributed by atoms with E-state index in [-0.39, 0.29) is 0 Å². The van der Waals surface area contributed by atoms with Crippen LogP contribution in [0.3, 0.4) is 0 Å². The maximum absolute atomic E-state index is 4.61. The first-order valence-electron chi connectivity index (χ1n) is 7.89. The van der Waals surface area contributed by atoms with Crippen LogP contribution in [0, 0.1) is 0 Å². The number of hydrogen-bond donors (Lipinski definition) is 2. The van der Waals surface area contributed by atoms with Crippen molar-refractivity contribution in [2.24, 2.45) is 4.99 Å². The normalized spacial score (nSPS) is 12.0. The molecule has 7 nitrogen and oxygen atoms in total. The Morgan fingerprint density at radius 1 is 1.39 bits per heavy atom. The van der Waals surface area contributed by atoms with Crippen LogP contribution in [-0.2, 0) is 19.5 Å². The Morgan fingerprint density at radius 3 is 2.87 bits per heavy atom. The Balaban J connectivity index is 1.77. The van der Waals surface area contributed by atoms with Gasteiger partial charge in [-0.3, -0.25) is 4.99 Å². The molecule has 2 aromatic rings. The lowest BCUT2D eigenvalue weighted by molar-refractivity contribution is 0.632. The summed E-state index contributed by atoms with van der Waals surface area (Å²) < 4.78 is 2.05. The summed E-state index contributed by atoms with van der Waals surface area (Å²) in [6, 6.07) is 0. The van der Waals surface area contributed by atoms with E-state index in [0.717, 1.165) is 37.0 Å². The lowest BCUT2D eigenvalue weighted by atomic mass is 10.2. The first-order chi connectivity index (χ1) is 11.1. The highest BCUT2D eigenvalue weighted by atomic mass is 32.1. The predicted molar refractivity (Wildman–Crippen MR) is 93.8 cm³/mol. The maximum Gasteiger partial charge on any atom is 0.191 e. The summed E-state index contributed by atoms with van der Waals surface area (Å²) >= 11 is 1.71. The molecule has 0 amide bonds. The van der Waals surface area contributed by atoms with E-state index in [4.69, 9.17) is 0 Å². The van der Waals surface area contributed by atoms with Crippen LogP contribution in [0.1, 0.15) is 43.2 Å². The van der Waals surface area contributed by atoms with Gasteiger partial charge in [-0.05, 0) is 0 Å².